The maximum Gasteiger partial charge on any atom is 0.255 e. The van der Waals surface area contributed by atoms with Crippen LogP contribution in [0, 0.1) is 6.92 Å². The molecule has 22 heavy (non-hydrogen) atoms. The van der Waals surface area contributed by atoms with E-state index in [0.717, 1.165) is 22.2 Å². The summed E-state index contributed by atoms with van der Waals surface area (Å²) >= 11 is 0. The van der Waals surface area contributed by atoms with Crippen molar-refractivity contribution in [3.05, 3.63) is 41.6 Å². The van der Waals surface area contributed by atoms with E-state index in [1.807, 2.05) is 37.3 Å². The molecule has 4 rings (SSSR count). The predicted octanol–water partition coefficient (Wildman–Crippen LogP) is 4.09. The number of para-hydroxylation sites is 1. The van der Waals surface area contributed by atoms with Crippen molar-refractivity contribution in [1.29, 1.82) is 0 Å². The first kappa shape index (κ1) is 13.7. The molecular formula is C19H22N2O. The van der Waals surface area contributed by atoms with Crippen molar-refractivity contribution in [2.24, 2.45) is 0 Å². The van der Waals surface area contributed by atoms with Gasteiger partial charge in [0.2, 0.25) is 0 Å². The lowest BCUT2D eigenvalue weighted by molar-refractivity contribution is 0.0666. The molecule has 0 atom stereocenters. The second-order valence-corrected chi connectivity index (χ2v) is 6.71. The van der Waals surface area contributed by atoms with E-state index in [1.165, 1.54) is 38.5 Å². The topological polar surface area (TPSA) is 33.2 Å². The molecule has 2 aliphatic rings. The summed E-state index contributed by atoms with van der Waals surface area (Å²) in [7, 11) is 0. The first-order chi connectivity index (χ1) is 10.7. The molecule has 1 aromatic carbocycles. The van der Waals surface area contributed by atoms with E-state index in [0.29, 0.717) is 12.1 Å². The fraction of sp³-hybridized carbons (Fsp3) is 0.474. The fourth-order valence-electron chi connectivity index (χ4n) is 3.79. The summed E-state index contributed by atoms with van der Waals surface area (Å²) in [4.78, 5) is 20.0. The molecule has 1 heterocycles. The number of benzene rings is 1. The molecule has 0 aliphatic heterocycles. The molecule has 1 amide bonds. The number of carbonyl (C=O) groups is 1. The van der Waals surface area contributed by atoms with Gasteiger partial charge in [-0.25, -0.2) is 0 Å². The van der Waals surface area contributed by atoms with Gasteiger partial charge in [0.15, 0.2) is 0 Å². The molecular weight excluding hydrogens is 272 g/mol. The molecule has 0 spiro atoms. The molecule has 0 N–H and O–H groups in total. The number of hydrogen-bond acceptors (Lipinski definition) is 2. The fourth-order valence-corrected chi connectivity index (χ4v) is 3.79. The Morgan fingerprint density at radius 3 is 2.50 bits per heavy atom. The summed E-state index contributed by atoms with van der Waals surface area (Å²) in [6.07, 6.45) is 7.21. The molecule has 3 heteroatoms. The van der Waals surface area contributed by atoms with Crippen molar-refractivity contribution < 1.29 is 4.79 Å². The van der Waals surface area contributed by atoms with E-state index in [2.05, 4.69) is 9.88 Å². The third-order valence-corrected chi connectivity index (χ3v) is 4.97. The van der Waals surface area contributed by atoms with Crippen LogP contribution >= 0.6 is 0 Å². The van der Waals surface area contributed by atoms with Crippen LogP contribution in [0.1, 0.15) is 54.6 Å². The van der Waals surface area contributed by atoms with E-state index >= 15 is 0 Å². The lowest BCUT2D eigenvalue weighted by Gasteiger charge is -2.29. The van der Waals surface area contributed by atoms with Crippen LogP contribution in [0.25, 0.3) is 10.9 Å². The monoisotopic (exact) mass is 294 g/mol. The molecule has 114 valence electrons. The van der Waals surface area contributed by atoms with Crippen LogP contribution in [0.3, 0.4) is 0 Å². The Balaban J connectivity index is 1.77. The van der Waals surface area contributed by atoms with Crippen LogP contribution in [-0.2, 0) is 0 Å². The Hall–Kier alpha value is -1.90. The second-order valence-electron chi connectivity index (χ2n) is 6.71. The number of hydrogen-bond donors (Lipinski definition) is 0. The number of aromatic nitrogens is 1. The lowest BCUT2D eigenvalue weighted by Crippen LogP contribution is -2.40. The van der Waals surface area contributed by atoms with Crippen molar-refractivity contribution >= 4 is 16.8 Å². The normalized spacial score (nSPS) is 18.8. The Morgan fingerprint density at radius 2 is 1.77 bits per heavy atom. The summed E-state index contributed by atoms with van der Waals surface area (Å²) < 4.78 is 0. The molecule has 3 nitrogen and oxygen atoms in total. The van der Waals surface area contributed by atoms with Crippen molar-refractivity contribution in [1.82, 2.24) is 9.88 Å². The minimum absolute atomic E-state index is 0.219. The maximum atomic E-state index is 13.3. The summed E-state index contributed by atoms with van der Waals surface area (Å²) in [5.74, 6) is 0.219. The predicted molar refractivity (Wildman–Crippen MR) is 87.9 cm³/mol. The van der Waals surface area contributed by atoms with Gasteiger partial charge in [0.05, 0.1) is 11.1 Å². The highest BCUT2D eigenvalue weighted by molar-refractivity contribution is 6.06. The summed E-state index contributed by atoms with van der Waals surface area (Å²) in [6, 6.07) is 10.9. The number of pyridine rings is 1. The average Bonchev–Trinajstić information content (AvgIpc) is 3.20. The van der Waals surface area contributed by atoms with Crippen LogP contribution in [0.4, 0.5) is 0 Å². The van der Waals surface area contributed by atoms with Gasteiger partial charge >= 0.3 is 0 Å². The Bertz CT molecular complexity index is 714. The number of aryl methyl sites for hydroxylation is 1. The molecule has 0 radical (unpaired) electrons. The highest BCUT2D eigenvalue weighted by Gasteiger charge is 2.39. The van der Waals surface area contributed by atoms with E-state index in [-0.39, 0.29) is 5.91 Å². The van der Waals surface area contributed by atoms with Gasteiger partial charge < -0.3 is 4.90 Å². The SMILES string of the molecule is Cc1cc(C(=O)N(C2CCCC2)C2CC2)c2ccccc2n1. The minimum Gasteiger partial charge on any atom is -0.333 e. The van der Waals surface area contributed by atoms with Crippen molar-refractivity contribution in [2.75, 3.05) is 0 Å². The zero-order chi connectivity index (χ0) is 15.1. The number of nitrogens with zero attached hydrogens (tertiary/aromatic N) is 2. The molecule has 1 aromatic heterocycles. The van der Waals surface area contributed by atoms with Gasteiger partial charge in [-0.2, -0.15) is 0 Å². The molecule has 0 bridgehead atoms. The Kier molecular flexibility index (Phi) is 3.36. The second kappa shape index (κ2) is 5.38. The van der Waals surface area contributed by atoms with Gasteiger partial charge in [-0.3, -0.25) is 9.78 Å². The van der Waals surface area contributed by atoms with Gasteiger partial charge in [-0.05, 0) is 44.7 Å². The van der Waals surface area contributed by atoms with E-state index in [1.54, 1.807) is 0 Å². The van der Waals surface area contributed by atoms with Crippen molar-refractivity contribution in [2.45, 2.75) is 57.5 Å². The highest BCUT2D eigenvalue weighted by atomic mass is 16.2. The van der Waals surface area contributed by atoms with Gasteiger partial charge in [0.1, 0.15) is 0 Å². The van der Waals surface area contributed by atoms with Crippen LogP contribution in [0.5, 0.6) is 0 Å². The molecule has 2 aliphatic carbocycles. The lowest BCUT2D eigenvalue weighted by atomic mass is 10.0. The smallest absolute Gasteiger partial charge is 0.255 e. The number of carbonyl (C=O) groups excluding carboxylic acids is 1. The van der Waals surface area contributed by atoms with E-state index in [4.69, 9.17) is 0 Å². The summed E-state index contributed by atoms with van der Waals surface area (Å²) in [5, 5.41) is 0.988. The highest BCUT2D eigenvalue weighted by Crippen LogP contribution is 2.36. The molecule has 2 fully saturated rings. The number of rotatable bonds is 3. The number of fused-ring (bicyclic) bond motifs is 1. The van der Waals surface area contributed by atoms with Gasteiger partial charge in [-0.15, -0.1) is 0 Å². The molecule has 2 aromatic rings. The van der Waals surface area contributed by atoms with Crippen molar-refractivity contribution in [3.63, 3.8) is 0 Å². The van der Waals surface area contributed by atoms with Crippen LogP contribution in [0.2, 0.25) is 0 Å². The van der Waals surface area contributed by atoms with Crippen molar-refractivity contribution in [3.8, 4) is 0 Å². The maximum absolute atomic E-state index is 13.3. The first-order valence-electron chi connectivity index (χ1n) is 8.43. The van der Waals surface area contributed by atoms with Crippen LogP contribution in [-0.4, -0.2) is 27.9 Å². The van der Waals surface area contributed by atoms with Gasteiger partial charge in [-0.1, -0.05) is 31.0 Å². The van der Waals surface area contributed by atoms with Gasteiger partial charge in [0.25, 0.3) is 5.91 Å². The first-order valence-corrected chi connectivity index (χ1v) is 8.43. The summed E-state index contributed by atoms with van der Waals surface area (Å²) in [6.45, 7) is 1.97. The molecule has 0 saturated heterocycles. The van der Waals surface area contributed by atoms with E-state index in [9.17, 15) is 4.79 Å². The standard InChI is InChI=1S/C19H22N2O/c1-13-12-17(16-8-4-5-9-18(16)20-13)19(22)21(15-10-11-15)14-6-2-3-7-14/h4-5,8-9,12,14-15H,2-3,6-7,10-11H2,1H3. The third kappa shape index (κ3) is 2.39. The minimum atomic E-state index is 0.219. The van der Waals surface area contributed by atoms with Crippen LogP contribution in [0.15, 0.2) is 30.3 Å². The quantitative estimate of drug-likeness (QED) is 0.854. The zero-order valence-corrected chi connectivity index (χ0v) is 13.1. The third-order valence-electron chi connectivity index (χ3n) is 4.97. The number of amides is 1. The summed E-state index contributed by atoms with van der Waals surface area (Å²) in [5.41, 5.74) is 2.68. The Labute approximate surface area is 131 Å². The van der Waals surface area contributed by atoms with Crippen LogP contribution < -0.4 is 0 Å². The average molecular weight is 294 g/mol. The molecule has 2 saturated carbocycles. The molecule has 0 unspecified atom stereocenters. The van der Waals surface area contributed by atoms with Gasteiger partial charge in [0, 0.05) is 23.2 Å². The largest absolute Gasteiger partial charge is 0.333 e. The Morgan fingerprint density at radius 1 is 1.09 bits per heavy atom. The van der Waals surface area contributed by atoms with E-state index < -0.39 is 0 Å². The zero-order valence-electron chi connectivity index (χ0n) is 13.1.